The standard InChI is InChI=1S/C22H22N4O3S/c27-21(19-7-4-14-30-19)26-9-8-18-17(15-26)20(29-16-5-2-1-3-6-16)24-22(23-18)25-10-12-28-13-11-25/h1-7,14H,8-13,15H2. The van der Waals surface area contributed by atoms with Crippen molar-refractivity contribution in [1.29, 1.82) is 0 Å². The van der Waals surface area contributed by atoms with Gasteiger partial charge in [-0.15, -0.1) is 11.3 Å². The Morgan fingerprint density at radius 2 is 1.87 bits per heavy atom. The molecule has 0 saturated carbocycles. The maximum absolute atomic E-state index is 12.9. The third-order valence-electron chi connectivity index (χ3n) is 5.28. The van der Waals surface area contributed by atoms with Crippen LogP contribution in [0.15, 0.2) is 47.8 Å². The summed E-state index contributed by atoms with van der Waals surface area (Å²) in [5.74, 6) is 1.95. The Hall–Kier alpha value is -2.97. The van der Waals surface area contributed by atoms with Gasteiger partial charge >= 0.3 is 0 Å². The van der Waals surface area contributed by atoms with E-state index in [1.807, 2.05) is 52.7 Å². The number of rotatable bonds is 4. The minimum Gasteiger partial charge on any atom is -0.438 e. The predicted octanol–water partition coefficient (Wildman–Crippen LogP) is 3.37. The van der Waals surface area contributed by atoms with Gasteiger partial charge in [-0.2, -0.15) is 4.98 Å². The van der Waals surface area contributed by atoms with E-state index >= 15 is 0 Å². The highest BCUT2D eigenvalue weighted by Gasteiger charge is 2.29. The highest BCUT2D eigenvalue weighted by molar-refractivity contribution is 7.12. The van der Waals surface area contributed by atoms with Crippen LogP contribution in [0.2, 0.25) is 0 Å². The Balaban J connectivity index is 1.49. The third kappa shape index (κ3) is 3.88. The van der Waals surface area contributed by atoms with E-state index in [0.717, 1.165) is 29.2 Å². The number of para-hydroxylation sites is 1. The largest absolute Gasteiger partial charge is 0.438 e. The van der Waals surface area contributed by atoms with Gasteiger partial charge in [-0.25, -0.2) is 4.98 Å². The molecule has 0 atom stereocenters. The van der Waals surface area contributed by atoms with E-state index < -0.39 is 0 Å². The molecule has 30 heavy (non-hydrogen) atoms. The van der Waals surface area contributed by atoms with Crippen molar-refractivity contribution in [3.05, 3.63) is 64.0 Å². The van der Waals surface area contributed by atoms with Crippen LogP contribution in [0.5, 0.6) is 11.6 Å². The monoisotopic (exact) mass is 422 g/mol. The number of thiophene rings is 1. The Labute approximate surface area is 178 Å². The average molecular weight is 423 g/mol. The lowest BCUT2D eigenvalue weighted by atomic mass is 10.1. The van der Waals surface area contributed by atoms with Gasteiger partial charge in [-0.1, -0.05) is 24.3 Å². The van der Waals surface area contributed by atoms with Gasteiger partial charge in [-0.05, 0) is 23.6 Å². The van der Waals surface area contributed by atoms with Crippen LogP contribution in [0, 0.1) is 0 Å². The van der Waals surface area contributed by atoms with Gasteiger partial charge in [0.05, 0.1) is 35.9 Å². The van der Waals surface area contributed by atoms with E-state index in [2.05, 4.69) is 4.90 Å². The van der Waals surface area contributed by atoms with Gasteiger partial charge in [-0.3, -0.25) is 4.79 Å². The number of carbonyl (C=O) groups is 1. The first-order valence-corrected chi connectivity index (χ1v) is 10.9. The second-order valence-corrected chi connectivity index (χ2v) is 8.17. The molecule has 5 rings (SSSR count). The summed E-state index contributed by atoms with van der Waals surface area (Å²) in [4.78, 5) is 27.2. The predicted molar refractivity (Wildman–Crippen MR) is 114 cm³/mol. The topological polar surface area (TPSA) is 67.8 Å². The molecule has 0 radical (unpaired) electrons. The molecule has 8 heteroatoms. The number of hydrogen-bond acceptors (Lipinski definition) is 7. The van der Waals surface area contributed by atoms with Crippen LogP contribution in [0.3, 0.4) is 0 Å². The SMILES string of the molecule is O=C(c1cccs1)N1CCc2nc(N3CCOCC3)nc(Oc3ccccc3)c2C1. The number of fused-ring (bicyclic) bond motifs is 1. The minimum atomic E-state index is 0.0403. The molecule has 1 fully saturated rings. The van der Waals surface area contributed by atoms with E-state index in [4.69, 9.17) is 19.4 Å². The fourth-order valence-electron chi connectivity index (χ4n) is 3.69. The molecule has 2 aliphatic rings. The molecule has 2 aliphatic heterocycles. The number of carbonyl (C=O) groups excluding carboxylic acids is 1. The van der Waals surface area contributed by atoms with Gasteiger partial charge in [0, 0.05) is 26.1 Å². The van der Waals surface area contributed by atoms with Crippen molar-refractivity contribution in [1.82, 2.24) is 14.9 Å². The Bertz CT molecular complexity index is 1020. The van der Waals surface area contributed by atoms with Crippen molar-refractivity contribution in [2.45, 2.75) is 13.0 Å². The first kappa shape index (κ1) is 19.0. The summed E-state index contributed by atoms with van der Waals surface area (Å²) in [6.07, 6.45) is 0.678. The van der Waals surface area contributed by atoms with E-state index in [0.29, 0.717) is 50.3 Å². The third-order valence-corrected chi connectivity index (χ3v) is 6.14. The molecule has 1 saturated heterocycles. The molecule has 0 N–H and O–H groups in total. The van der Waals surface area contributed by atoms with E-state index in [1.165, 1.54) is 11.3 Å². The van der Waals surface area contributed by atoms with Crippen molar-refractivity contribution in [2.24, 2.45) is 0 Å². The highest BCUT2D eigenvalue weighted by Crippen LogP contribution is 2.32. The summed E-state index contributed by atoms with van der Waals surface area (Å²) in [6.45, 7) is 3.92. The molecule has 0 spiro atoms. The van der Waals surface area contributed by atoms with Crippen molar-refractivity contribution in [3.63, 3.8) is 0 Å². The number of amides is 1. The minimum absolute atomic E-state index is 0.0403. The Morgan fingerprint density at radius 1 is 1.03 bits per heavy atom. The van der Waals surface area contributed by atoms with Crippen LogP contribution in [-0.4, -0.2) is 53.6 Å². The number of nitrogens with zero attached hydrogens (tertiary/aromatic N) is 4. The van der Waals surface area contributed by atoms with Gasteiger partial charge in [0.2, 0.25) is 11.8 Å². The van der Waals surface area contributed by atoms with Crippen LogP contribution in [0.1, 0.15) is 20.9 Å². The summed E-state index contributed by atoms with van der Waals surface area (Å²) in [6, 6.07) is 13.4. The molecule has 3 aromatic rings. The number of morpholine rings is 1. The molecule has 7 nitrogen and oxygen atoms in total. The summed E-state index contributed by atoms with van der Waals surface area (Å²) >= 11 is 1.46. The van der Waals surface area contributed by atoms with Crippen LogP contribution in [-0.2, 0) is 17.7 Å². The molecule has 0 unspecified atom stereocenters. The first-order valence-electron chi connectivity index (χ1n) is 10.1. The second kappa shape index (κ2) is 8.41. The molecule has 0 aliphatic carbocycles. The van der Waals surface area contributed by atoms with Crippen LogP contribution < -0.4 is 9.64 Å². The fraction of sp³-hybridized carbons (Fsp3) is 0.318. The fourth-order valence-corrected chi connectivity index (χ4v) is 4.38. The second-order valence-electron chi connectivity index (χ2n) is 7.22. The van der Waals surface area contributed by atoms with Crippen molar-refractivity contribution < 1.29 is 14.3 Å². The normalized spacial score (nSPS) is 16.3. The number of hydrogen-bond donors (Lipinski definition) is 0. The van der Waals surface area contributed by atoms with Gasteiger partial charge in [0.1, 0.15) is 5.75 Å². The lowest BCUT2D eigenvalue weighted by Gasteiger charge is -2.31. The van der Waals surface area contributed by atoms with E-state index in [1.54, 1.807) is 0 Å². The molecule has 1 amide bonds. The molecule has 1 aromatic carbocycles. The average Bonchev–Trinajstić information content (AvgIpc) is 3.34. The summed E-state index contributed by atoms with van der Waals surface area (Å²) < 4.78 is 11.6. The molecular weight excluding hydrogens is 400 g/mol. The zero-order chi connectivity index (χ0) is 20.3. The van der Waals surface area contributed by atoms with Gasteiger partial charge in [0.15, 0.2) is 0 Å². The number of anilines is 1. The molecule has 154 valence electrons. The quantitative estimate of drug-likeness (QED) is 0.642. The maximum atomic E-state index is 12.9. The molecule has 4 heterocycles. The number of ether oxygens (including phenoxy) is 2. The summed E-state index contributed by atoms with van der Waals surface area (Å²) in [5, 5.41) is 1.92. The van der Waals surface area contributed by atoms with Crippen LogP contribution in [0.25, 0.3) is 0 Å². The van der Waals surface area contributed by atoms with Crippen LogP contribution in [0.4, 0.5) is 5.95 Å². The first-order chi connectivity index (χ1) is 14.8. The smallest absolute Gasteiger partial charge is 0.264 e. The van der Waals surface area contributed by atoms with Crippen molar-refractivity contribution in [2.75, 3.05) is 37.7 Å². The lowest BCUT2D eigenvalue weighted by Crippen LogP contribution is -2.39. The highest BCUT2D eigenvalue weighted by atomic mass is 32.1. The van der Waals surface area contributed by atoms with E-state index in [-0.39, 0.29) is 5.91 Å². The maximum Gasteiger partial charge on any atom is 0.264 e. The van der Waals surface area contributed by atoms with Crippen molar-refractivity contribution >= 4 is 23.2 Å². The van der Waals surface area contributed by atoms with Crippen LogP contribution >= 0.6 is 11.3 Å². The number of aromatic nitrogens is 2. The summed E-state index contributed by atoms with van der Waals surface area (Å²) in [7, 11) is 0. The van der Waals surface area contributed by atoms with E-state index in [9.17, 15) is 4.79 Å². The Kier molecular flexibility index (Phi) is 5.33. The Morgan fingerprint density at radius 3 is 2.63 bits per heavy atom. The molecular formula is C22H22N4O3S. The van der Waals surface area contributed by atoms with Gasteiger partial charge in [0.25, 0.3) is 5.91 Å². The zero-order valence-electron chi connectivity index (χ0n) is 16.5. The molecule has 2 aromatic heterocycles. The lowest BCUT2D eigenvalue weighted by molar-refractivity contribution is 0.0736. The van der Waals surface area contributed by atoms with Gasteiger partial charge < -0.3 is 19.3 Å². The molecule has 0 bridgehead atoms. The van der Waals surface area contributed by atoms with Crippen molar-refractivity contribution in [3.8, 4) is 11.6 Å². The summed E-state index contributed by atoms with van der Waals surface area (Å²) in [5.41, 5.74) is 1.83. The zero-order valence-corrected chi connectivity index (χ0v) is 17.3. The number of benzene rings is 1.